The zero-order chi connectivity index (χ0) is 17.5. The third kappa shape index (κ3) is 7.17. The summed E-state index contributed by atoms with van der Waals surface area (Å²) in [6.07, 6.45) is 5.80. The molecule has 0 aliphatic carbocycles. The fourth-order valence-electron chi connectivity index (χ4n) is 2.63. The van der Waals surface area contributed by atoms with E-state index < -0.39 is 8.32 Å². The molecule has 0 radical (unpaired) electrons. The molecule has 0 bridgehead atoms. The van der Waals surface area contributed by atoms with E-state index in [0.717, 1.165) is 19.4 Å². The van der Waals surface area contributed by atoms with Crippen molar-refractivity contribution in [3.8, 4) is 0 Å². The van der Waals surface area contributed by atoms with Crippen molar-refractivity contribution < 1.29 is 8.82 Å². The average molecular weight is 339 g/mol. The lowest BCUT2D eigenvalue weighted by Crippen LogP contribution is -2.41. The van der Waals surface area contributed by atoms with Gasteiger partial charge in [-0.2, -0.15) is 0 Å². The minimum atomic E-state index is -1.62. The minimum Gasteiger partial charge on any atom is -0.417 e. The van der Waals surface area contributed by atoms with Crippen molar-refractivity contribution in [1.82, 2.24) is 0 Å². The van der Waals surface area contributed by atoms with Crippen LogP contribution in [0.3, 0.4) is 0 Å². The van der Waals surface area contributed by atoms with Gasteiger partial charge in [-0.15, -0.1) is 0 Å². The molecule has 23 heavy (non-hydrogen) atoms. The summed E-state index contributed by atoms with van der Waals surface area (Å²) in [7, 11) is -1.62. The molecular formula is C20H35FOSi. The van der Waals surface area contributed by atoms with Crippen molar-refractivity contribution in [2.75, 3.05) is 6.61 Å². The van der Waals surface area contributed by atoms with E-state index >= 15 is 0 Å². The molecule has 3 heteroatoms. The van der Waals surface area contributed by atoms with Gasteiger partial charge in [-0.25, -0.2) is 4.39 Å². The van der Waals surface area contributed by atoms with Gasteiger partial charge in [0, 0.05) is 6.61 Å². The summed E-state index contributed by atoms with van der Waals surface area (Å²) in [5.41, 5.74) is 1.25. The van der Waals surface area contributed by atoms with E-state index in [9.17, 15) is 4.39 Å². The summed E-state index contributed by atoms with van der Waals surface area (Å²) in [4.78, 5) is 0. The first-order valence-electron chi connectivity index (χ1n) is 9.04. The third-order valence-electron chi connectivity index (χ3n) is 5.16. The Balaban J connectivity index is 2.43. The first-order chi connectivity index (χ1) is 10.7. The fourth-order valence-corrected chi connectivity index (χ4v) is 3.71. The van der Waals surface area contributed by atoms with Gasteiger partial charge in [0.05, 0.1) is 0 Å². The normalized spacial score (nSPS) is 14.0. The Kier molecular flexibility index (Phi) is 7.95. The Morgan fingerprint density at radius 3 is 2.22 bits per heavy atom. The van der Waals surface area contributed by atoms with Crippen LogP contribution in [0, 0.1) is 11.7 Å². The molecule has 132 valence electrons. The maximum Gasteiger partial charge on any atom is 0.191 e. The molecular weight excluding hydrogens is 303 g/mol. The van der Waals surface area contributed by atoms with Gasteiger partial charge in [0.1, 0.15) is 5.82 Å². The molecule has 1 aromatic rings. The molecule has 1 rings (SSSR count). The van der Waals surface area contributed by atoms with Crippen molar-refractivity contribution in [2.24, 2.45) is 5.92 Å². The smallest absolute Gasteiger partial charge is 0.191 e. The first-order valence-corrected chi connectivity index (χ1v) is 11.9. The molecule has 0 spiro atoms. The van der Waals surface area contributed by atoms with Crippen LogP contribution in [-0.2, 0) is 10.8 Å². The van der Waals surface area contributed by atoms with Gasteiger partial charge in [0.2, 0.25) is 0 Å². The van der Waals surface area contributed by atoms with E-state index in [2.05, 4.69) is 40.8 Å². The van der Waals surface area contributed by atoms with Crippen LogP contribution >= 0.6 is 0 Å². The van der Waals surface area contributed by atoms with Crippen molar-refractivity contribution in [1.29, 1.82) is 0 Å². The molecule has 0 unspecified atom stereocenters. The standard InChI is InChI=1S/C20H35FOSi/c1-7-9-17(16-18-11-13-19(21)14-12-18)10-8-15-22-23(5,6)20(2,3)4/h11-14,17H,7-10,15-16H2,1-6H3/t17-/m0/s1. The highest BCUT2D eigenvalue weighted by Gasteiger charge is 2.36. The summed E-state index contributed by atoms with van der Waals surface area (Å²) >= 11 is 0. The molecule has 0 heterocycles. The maximum atomic E-state index is 13.0. The molecule has 0 aliphatic rings. The second-order valence-electron chi connectivity index (χ2n) is 8.24. The summed E-state index contributed by atoms with van der Waals surface area (Å²) in [5, 5.41) is 0.282. The highest BCUT2D eigenvalue weighted by atomic mass is 28.4. The molecule has 0 saturated heterocycles. The Morgan fingerprint density at radius 2 is 1.70 bits per heavy atom. The Hall–Kier alpha value is -0.673. The molecule has 0 saturated carbocycles. The van der Waals surface area contributed by atoms with Crippen LogP contribution < -0.4 is 0 Å². The lowest BCUT2D eigenvalue weighted by Gasteiger charge is -2.36. The fraction of sp³-hybridized carbons (Fsp3) is 0.700. The second kappa shape index (κ2) is 8.98. The van der Waals surface area contributed by atoms with Crippen molar-refractivity contribution in [3.63, 3.8) is 0 Å². The largest absolute Gasteiger partial charge is 0.417 e. The van der Waals surface area contributed by atoms with Crippen molar-refractivity contribution in [3.05, 3.63) is 35.6 Å². The molecule has 0 fully saturated rings. The van der Waals surface area contributed by atoms with Gasteiger partial charge >= 0.3 is 0 Å². The van der Waals surface area contributed by atoms with Gasteiger partial charge < -0.3 is 4.43 Å². The number of hydrogen-bond donors (Lipinski definition) is 0. The van der Waals surface area contributed by atoms with E-state index in [1.165, 1.54) is 24.8 Å². The summed E-state index contributed by atoms with van der Waals surface area (Å²) in [5.74, 6) is 0.525. The first kappa shape index (κ1) is 20.4. The molecule has 1 atom stereocenters. The molecule has 0 N–H and O–H groups in total. The summed E-state index contributed by atoms with van der Waals surface area (Å²) in [6.45, 7) is 14.6. The highest BCUT2D eigenvalue weighted by Crippen LogP contribution is 2.36. The van der Waals surface area contributed by atoms with Gasteiger partial charge in [0.25, 0.3) is 0 Å². The number of benzene rings is 1. The predicted octanol–water partition coefficient (Wildman–Crippen LogP) is 6.59. The topological polar surface area (TPSA) is 9.23 Å². The van der Waals surface area contributed by atoms with Crippen LogP contribution in [0.25, 0.3) is 0 Å². The summed E-state index contributed by atoms with van der Waals surface area (Å²) in [6, 6.07) is 6.98. The van der Waals surface area contributed by atoms with Gasteiger partial charge in [-0.1, -0.05) is 52.7 Å². The number of hydrogen-bond acceptors (Lipinski definition) is 1. The maximum absolute atomic E-state index is 13.0. The minimum absolute atomic E-state index is 0.149. The molecule has 0 aliphatic heterocycles. The van der Waals surface area contributed by atoms with Gasteiger partial charge in [-0.05, 0) is 61.0 Å². The van der Waals surface area contributed by atoms with Crippen LogP contribution in [0.15, 0.2) is 24.3 Å². The lowest BCUT2D eigenvalue weighted by molar-refractivity contribution is 0.264. The third-order valence-corrected chi connectivity index (χ3v) is 9.70. The quantitative estimate of drug-likeness (QED) is 0.365. The zero-order valence-electron chi connectivity index (χ0n) is 15.9. The Labute approximate surface area is 143 Å². The van der Waals surface area contributed by atoms with Crippen molar-refractivity contribution in [2.45, 2.75) is 77.9 Å². The van der Waals surface area contributed by atoms with E-state index in [4.69, 9.17) is 4.43 Å². The monoisotopic (exact) mass is 338 g/mol. The number of rotatable bonds is 9. The molecule has 0 amide bonds. The molecule has 0 aromatic heterocycles. The predicted molar refractivity (Wildman–Crippen MR) is 101 cm³/mol. The van der Waals surface area contributed by atoms with Crippen molar-refractivity contribution >= 4 is 8.32 Å². The highest BCUT2D eigenvalue weighted by molar-refractivity contribution is 6.74. The van der Waals surface area contributed by atoms with Gasteiger partial charge in [-0.3, -0.25) is 0 Å². The summed E-state index contributed by atoms with van der Waals surface area (Å²) < 4.78 is 19.3. The number of halogens is 1. The SMILES string of the molecule is CCC[C@@H](CCCO[Si](C)(C)C(C)(C)C)Cc1ccc(F)cc1. The van der Waals surface area contributed by atoms with Crippen LogP contribution in [0.4, 0.5) is 4.39 Å². The van der Waals surface area contributed by atoms with Crippen LogP contribution in [0.2, 0.25) is 18.1 Å². The van der Waals surface area contributed by atoms with Gasteiger partial charge in [0.15, 0.2) is 8.32 Å². The Morgan fingerprint density at radius 1 is 1.09 bits per heavy atom. The second-order valence-corrected chi connectivity index (χ2v) is 13.0. The van der Waals surface area contributed by atoms with E-state index in [1.807, 2.05) is 12.1 Å². The van der Waals surface area contributed by atoms with E-state index in [1.54, 1.807) is 12.1 Å². The Bertz CT molecular complexity index is 448. The lowest BCUT2D eigenvalue weighted by atomic mass is 9.91. The average Bonchev–Trinajstić information content (AvgIpc) is 2.45. The van der Waals surface area contributed by atoms with E-state index in [-0.39, 0.29) is 10.9 Å². The zero-order valence-corrected chi connectivity index (χ0v) is 16.9. The molecule has 1 nitrogen and oxygen atoms in total. The molecule has 1 aromatic carbocycles. The van der Waals surface area contributed by atoms with Crippen LogP contribution in [-0.4, -0.2) is 14.9 Å². The van der Waals surface area contributed by atoms with E-state index in [0.29, 0.717) is 5.92 Å². The van der Waals surface area contributed by atoms with Crippen LogP contribution in [0.5, 0.6) is 0 Å². The van der Waals surface area contributed by atoms with Crippen LogP contribution in [0.1, 0.15) is 58.9 Å².